The predicted octanol–water partition coefficient (Wildman–Crippen LogP) is 3.83. The fourth-order valence-corrected chi connectivity index (χ4v) is 2.00. The van der Waals surface area contributed by atoms with Crippen LogP contribution in [0.4, 0.5) is 0 Å². The van der Waals surface area contributed by atoms with Crippen LogP contribution < -0.4 is 4.74 Å². The van der Waals surface area contributed by atoms with Crippen LogP contribution in [-0.2, 0) is 9.53 Å². The van der Waals surface area contributed by atoms with Crippen molar-refractivity contribution >= 4 is 11.5 Å². The van der Waals surface area contributed by atoms with E-state index in [-0.39, 0.29) is 12.2 Å². The van der Waals surface area contributed by atoms with Crippen molar-refractivity contribution in [1.29, 1.82) is 5.26 Å². The summed E-state index contributed by atoms with van der Waals surface area (Å²) in [5.41, 5.74) is 1.66. The maximum atomic E-state index is 12.1. The van der Waals surface area contributed by atoms with Crippen LogP contribution in [0, 0.1) is 11.3 Å². The van der Waals surface area contributed by atoms with E-state index in [9.17, 15) is 10.1 Å². The molecule has 0 radical (unpaired) electrons. The van der Waals surface area contributed by atoms with Gasteiger partial charge < -0.3 is 9.47 Å². The fourth-order valence-electron chi connectivity index (χ4n) is 2.00. The van der Waals surface area contributed by atoms with E-state index >= 15 is 0 Å². The number of benzene rings is 1. The Labute approximate surface area is 136 Å². The first-order valence-electron chi connectivity index (χ1n) is 7.04. The van der Waals surface area contributed by atoms with Gasteiger partial charge in [-0.25, -0.2) is 4.79 Å². The van der Waals surface area contributed by atoms with Gasteiger partial charge in [-0.05, 0) is 30.2 Å². The van der Waals surface area contributed by atoms with Crippen LogP contribution in [-0.4, -0.2) is 19.7 Å². The molecule has 0 fully saturated rings. The lowest BCUT2D eigenvalue weighted by atomic mass is 9.92. The van der Waals surface area contributed by atoms with Crippen molar-refractivity contribution in [3.8, 4) is 11.8 Å². The van der Waals surface area contributed by atoms with E-state index in [1.165, 1.54) is 0 Å². The van der Waals surface area contributed by atoms with E-state index in [4.69, 9.17) is 9.47 Å². The summed E-state index contributed by atoms with van der Waals surface area (Å²) in [4.78, 5) is 12.1. The van der Waals surface area contributed by atoms with Crippen LogP contribution in [0.25, 0.3) is 5.57 Å². The molecule has 4 heteroatoms. The normalized spacial score (nSPS) is 11.8. The van der Waals surface area contributed by atoms with Gasteiger partial charge in [0.25, 0.3) is 0 Å². The second kappa shape index (κ2) is 9.06. The van der Waals surface area contributed by atoms with Crippen molar-refractivity contribution in [3.05, 3.63) is 72.4 Å². The third kappa shape index (κ3) is 4.45. The second-order valence-electron chi connectivity index (χ2n) is 4.37. The van der Waals surface area contributed by atoms with Gasteiger partial charge in [-0.2, -0.15) is 5.26 Å². The summed E-state index contributed by atoms with van der Waals surface area (Å²) in [6.45, 7) is 9.28. The molecule has 0 saturated carbocycles. The van der Waals surface area contributed by atoms with Crippen LogP contribution >= 0.6 is 0 Å². The first kappa shape index (κ1) is 18.0. The third-order valence-corrected chi connectivity index (χ3v) is 3.03. The number of hydrogen-bond acceptors (Lipinski definition) is 4. The molecular formula is C19H19NO3. The molecule has 23 heavy (non-hydrogen) atoms. The molecule has 1 rings (SSSR count). The number of nitriles is 1. The summed E-state index contributed by atoms with van der Waals surface area (Å²) in [5.74, 6) is 0.00762. The van der Waals surface area contributed by atoms with Crippen molar-refractivity contribution in [3.63, 3.8) is 0 Å². The van der Waals surface area contributed by atoms with Gasteiger partial charge in [-0.15, -0.1) is 0 Å². The zero-order valence-corrected chi connectivity index (χ0v) is 13.3. The monoisotopic (exact) mass is 309 g/mol. The second-order valence-corrected chi connectivity index (χ2v) is 4.37. The molecule has 0 spiro atoms. The highest BCUT2D eigenvalue weighted by Gasteiger charge is 2.20. The molecule has 0 aliphatic heterocycles. The molecule has 1 aromatic rings. The van der Waals surface area contributed by atoms with Crippen molar-refractivity contribution in [1.82, 2.24) is 0 Å². The zero-order chi connectivity index (χ0) is 17.2. The van der Waals surface area contributed by atoms with Crippen molar-refractivity contribution in [2.45, 2.75) is 6.92 Å². The van der Waals surface area contributed by atoms with Crippen LogP contribution in [0.2, 0.25) is 0 Å². The molecule has 0 amide bonds. The quantitative estimate of drug-likeness (QED) is 0.332. The average Bonchev–Trinajstić information content (AvgIpc) is 2.58. The summed E-state index contributed by atoms with van der Waals surface area (Å²) in [6.07, 6.45) is 4.82. The van der Waals surface area contributed by atoms with Gasteiger partial charge in [0.15, 0.2) is 0 Å². The first-order chi connectivity index (χ1) is 11.1. The van der Waals surface area contributed by atoms with Crippen LogP contribution in [0.3, 0.4) is 0 Å². The molecule has 0 unspecified atom stereocenters. The van der Waals surface area contributed by atoms with Gasteiger partial charge in [0, 0.05) is 5.57 Å². The Hall–Kier alpha value is -3.06. The number of methoxy groups -OCH3 is 1. The molecule has 0 bridgehead atoms. The molecule has 0 aliphatic rings. The smallest absolute Gasteiger partial charge is 0.349 e. The van der Waals surface area contributed by atoms with Crippen molar-refractivity contribution in [2.75, 3.05) is 13.7 Å². The summed E-state index contributed by atoms with van der Waals surface area (Å²) in [5, 5.41) is 9.45. The molecule has 0 atom stereocenters. The van der Waals surface area contributed by atoms with Gasteiger partial charge in [-0.3, -0.25) is 0 Å². The number of allylic oxidation sites excluding steroid dienone is 5. The molecule has 0 heterocycles. The molecule has 0 N–H and O–H groups in total. The first-order valence-corrected chi connectivity index (χ1v) is 7.04. The van der Waals surface area contributed by atoms with Gasteiger partial charge in [-0.1, -0.05) is 43.5 Å². The van der Waals surface area contributed by atoms with E-state index < -0.39 is 5.97 Å². The Morgan fingerprint density at radius 2 is 1.96 bits per heavy atom. The summed E-state index contributed by atoms with van der Waals surface area (Å²) in [6, 6.07) is 8.98. The zero-order valence-electron chi connectivity index (χ0n) is 13.3. The highest BCUT2D eigenvalue weighted by atomic mass is 16.5. The van der Waals surface area contributed by atoms with Crippen molar-refractivity contribution < 1.29 is 14.3 Å². The van der Waals surface area contributed by atoms with Crippen LogP contribution in [0.1, 0.15) is 12.5 Å². The van der Waals surface area contributed by atoms with Crippen LogP contribution in [0.5, 0.6) is 5.75 Å². The highest BCUT2D eigenvalue weighted by Crippen LogP contribution is 2.29. The number of ether oxygens (including phenoxy) is 2. The molecule has 1 aromatic carbocycles. The van der Waals surface area contributed by atoms with Gasteiger partial charge in [0.05, 0.1) is 13.7 Å². The third-order valence-electron chi connectivity index (χ3n) is 3.03. The number of esters is 1. The standard InChI is InChI=1S/C19H19NO3/c1-5-8-14(6-2)18(17(13-20)19(21)23-7-3)15-9-11-16(22-4)12-10-15/h5-6,8-12H,1-2,7H2,3-4H3/b14-8+,18-17+. The van der Waals surface area contributed by atoms with E-state index in [0.29, 0.717) is 22.5 Å². The molecular weight excluding hydrogens is 290 g/mol. The minimum absolute atomic E-state index is 0.0787. The Kier molecular flexibility index (Phi) is 7.09. The molecule has 118 valence electrons. The highest BCUT2D eigenvalue weighted by molar-refractivity contribution is 6.05. The Morgan fingerprint density at radius 3 is 2.39 bits per heavy atom. The van der Waals surface area contributed by atoms with Gasteiger partial charge in [0.2, 0.25) is 0 Å². The number of carbonyl (C=O) groups excluding carboxylic acids is 1. The van der Waals surface area contributed by atoms with E-state index in [1.807, 2.05) is 6.07 Å². The molecule has 0 saturated heterocycles. The van der Waals surface area contributed by atoms with Crippen LogP contribution in [0.15, 0.2) is 66.8 Å². The number of carbonyl (C=O) groups is 1. The summed E-state index contributed by atoms with van der Waals surface area (Å²) >= 11 is 0. The van der Waals surface area contributed by atoms with E-state index in [0.717, 1.165) is 0 Å². The fraction of sp³-hybridized carbons (Fsp3) is 0.158. The lowest BCUT2D eigenvalue weighted by molar-refractivity contribution is -0.137. The van der Waals surface area contributed by atoms with Crippen molar-refractivity contribution in [2.24, 2.45) is 0 Å². The van der Waals surface area contributed by atoms with Gasteiger partial charge >= 0.3 is 5.97 Å². The number of nitrogens with zero attached hydrogens (tertiary/aromatic N) is 1. The number of rotatable bonds is 7. The minimum atomic E-state index is -0.669. The molecule has 0 aliphatic carbocycles. The number of hydrogen-bond donors (Lipinski definition) is 0. The Morgan fingerprint density at radius 1 is 1.30 bits per heavy atom. The average molecular weight is 309 g/mol. The summed E-state index contributed by atoms with van der Waals surface area (Å²) in [7, 11) is 1.57. The minimum Gasteiger partial charge on any atom is -0.497 e. The lowest BCUT2D eigenvalue weighted by Crippen LogP contribution is -2.09. The maximum absolute atomic E-state index is 12.1. The summed E-state index contributed by atoms with van der Waals surface area (Å²) < 4.78 is 10.1. The molecule has 4 nitrogen and oxygen atoms in total. The van der Waals surface area contributed by atoms with E-state index in [2.05, 4.69) is 13.2 Å². The lowest BCUT2D eigenvalue weighted by Gasteiger charge is -2.12. The largest absolute Gasteiger partial charge is 0.497 e. The predicted molar refractivity (Wildman–Crippen MR) is 90.6 cm³/mol. The van der Waals surface area contributed by atoms with Gasteiger partial charge in [0.1, 0.15) is 17.4 Å². The Balaban J connectivity index is 3.62. The molecule has 0 aromatic heterocycles. The Bertz CT molecular complexity index is 688. The topological polar surface area (TPSA) is 59.3 Å². The maximum Gasteiger partial charge on any atom is 0.349 e. The van der Waals surface area contributed by atoms with E-state index in [1.54, 1.807) is 56.5 Å². The SMILES string of the molecule is C=C/C=C(C=C)/C(=C(/C#N)C(=O)OCC)c1ccc(OC)cc1.